The number of rotatable bonds is 5. The molecule has 2 unspecified atom stereocenters. The van der Waals surface area contributed by atoms with E-state index in [4.69, 9.17) is 0 Å². The highest BCUT2D eigenvalue weighted by Crippen LogP contribution is 2.21. The molecule has 1 rings (SSSR count). The third-order valence-corrected chi connectivity index (χ3v) is 3.43. The number of hydrogen-bond donors (Lipinski definition) is 1. The lowest BCUT2D eigenvalue weighted by Gasteiger charge is -2.37. The SMILES string of the molecule is CCCCC1CC(NC)CN(CC)C1. The summed E-state index contributed by atoms with van der Waals surface area (Å²) >= 11 is 0. The van der Waals surface area contributed by atoms with Crippen molar-refractivity contribution in [1.82, 2.24) is 10.2 Å². The average molecular weight is 198 g/mol. The van der Waals surface area contributed by atoms with Crippen molar-refractivity contribution < 1.29 is 0 Å². The Morgan fingerprint density at radius 1 is 1.29 bits per heavy atom. The van der Waals surface area contributed by atoms with Crippen LogP contribution in [0.5, 0.6) is 0 Å². The van der Waals surface area contributed by atoms with Gasteiger partial charge in [-0.1, -0.05) is 26.7 Å². The smallest absolute Gasteiger partial charge is 0.0195 e. The molecule has 0 aromatic heterocycles. The fourth-order valence-corrected chi connectivity index (χ4v) is 2.47. The third-order valence-electron chi connectivity index (χ3n) is 3.43. The van der Waals surface area contributed by atoms with Crippen molar-refractivity contribution in [1.29, 1.82) is 0 Å². The second-order valence-electron chi connectivity index (χ2n) is 4.58. The highest BCUT2D eigenvalue weighted by atomic mass is 15.2. The van der Waals surface area contributed by atoms with Gasteiger partial charge in [-0.05, 0) is 32.4 Å². The first-order valence-electron chi connectivity index (χ1n) is 6.19. The molecule has 1 aliphatic heterocycles. The van der Waals surface area contributed by atoms with Crippen LogP contribution in [0, 0.1) is 5.92 Å². The summed E-state index contributed by atoms with van der Waals surface area (Å²) < 4.78 is 0. The molecule has 1 heterocycles. The summed E-state index contributed by atoms with van der Waals surface area (Å²) in [6.07, 6.45) is 5.55. The van der Waals surface area contributed by atoms with E-state index in [0.29, 0.717) is 0 Å². The highest BCUT2D eigenvalue weighted by molar-refractivity contribution is 4.81. The van der Waals surface area contributed by atoms with Crippen LogP contribution in [0.1, 0.15) is 39.5 Å². The van der Waals surface area contributed by atoms with Gasteiger partial charge in [-0.3, -0.25) is 0 Å². The summed E-state index contributed by atoms with van der Waals surface area (Å²) in [5.74, 6) is 0.932. The minimum atomic E-state index is 0.727. The van der Waals surface area contributed by atoms with Gasteiger partial charge in [0.2, 0.25) is 0 Å². The van der Waals surface area contributed by atoms with E-state index in [1.54, 1.807) is 0 Å². The highest BCUT2D eigenvalue weighted by Gasteiger charge is 2.24. The zero-order valence-corrected chi connectivity index (χ0v) is 10.1. The lowest BCUT2D eigenvalue weighted by molar-refractivity contribution is 0.144. The Hall–Kier alpha value is -0.0800. The van der Waals surface area contributed by atoms with Gasteiger partial charge in [0.25, 0.3) is 0 Å². The zero-order chi connectivity index (χ0) is 10.4. The number of nitrogens with zero attached hydrogens (tertiary/aromatic N) is 1. The Morgan fingerprint density at radius 2 is 2.07 bits per heavy atom. The minimum absolute atomic E-state index is 0.727. The molecule has 0 aromatic carbocycles. The number of likely N-dealkylation sites (N-methyl/N-ethyl adjacent to an activating group) is 2. The molecular weight excluding hydrogens is 172 g/mol. The monoisotopic (exact) mass is 198 g/mol. The molecule has 0 radical (unpaired) electrons. The van der Waals surface area contributed by atoms with Crippen molar-refractivity contribution >= 4 is 0 Å². The van der Waals surface area contributed by atoms with E-state index < -0.39 is 0 Å². The Kier molecular flexibility index (Phi) is 5.49. The van der Waals surface area contributed by atoms with Gasteiger partial charge >= 0.3 is 0 Å². The van der Waals surface area contributed by atoms with Crippen LogP contribution in [0.15, 0.2) is 0 Å². The maximum absolute atomic E-state index is 3.43. The molecule has 84 valence electrons. The maximum atomic E-state index is 3.43. The lowest BCUT2D eigenvalue weighted by Crippen LogP contribution is -2.48. The number of likely N-dealkylation sites (tertiary alicyclic amines) is 1. The van der Waals surface area contributed by atoms with Gasteiger partial charge < -0.3 is 10.2 Å². The van der Waals surface area contributed by atoms with Crippen molar-refractivity contribution in [3.8, 4) is 0 Å². The molecule has 1 N–H and O–H groups in total. The lowest BCUT2D eigenvalue weighted by atomic mass is 9.90. The summed E-state index contributed by atoms with van der Waals surface area (Å²) in [4.78, 5) is 2.59. The van der Waals surface area contributed by atoms with Gasteiger partial charge in [-0.25, -0.2) is 0 Å². The summed E-state index contributed by atoms with van der Waals surface area (Å²) in [5.41, 5.74) is 0. The number of piperidine rings is 1. The first kappa shape index (κ1) is 12.0. The Morgan fingerprint density at radius 3 is 2.64 bits per heavy atom. The molecular formula is C12H26N2. The molecule has 2 nitrogen and oxygen atoms in total. The summed E-state index contributed by atoms with van der Waals surface area (Å²) in [6, 6.07) is 0.727. The van der Waals surface area contributed by atoms with Crippen molar-refractivity contribution in [3.63, 3.8) is 0 Å². The van der Waals surface area contributed by atoms with E-state index in [9.17, 15) is 0 Å². The molecule has 0 amide bonds. The predicted octanol–water partition coefficient (Wildman–Crippen LogP) is 2.11. The standard InChI is InChI=1S/C12H26N2/c1-4-6-7-11-8-12(13-3)10-14(5-2)9-11/h11-13H,4-10H2,1-3H3. The van der Waals surface area contributed by atoms with Crippen molar-refractivity contribution in [2.24, 2.45) is 5.92 Å². The van der Waals surface area contributed by atoms with Gasteiger partial charge in [0.05, 0.1) is 0 Å². The average Bonchev–Trinajstić information content (AvgIpc) is 2.25. The molecule has 2 atom stereocenters. The zero-order valence-electron chi connectivity index (χ0n) is 10.1. The summed E-state index contributed by atoms with van der Waals surface area (Å²) in [7, 11) is 2.10. The Bertz CT molecular complexity index is 135. The van der Waals surface area contributed by atoms with Crippen molar-refractivity contribution in [2.75, 3.05) is 26.7 Å². The first-order chi connectivity index (χ1) is 6.80. The maximum Gasteiger partial charge on any atom is 0.0195 e. The topological polar surface area (TPSA) is 15.3 Å². The van der Waals surface area contributed by atoms with Crippen LogP contribution in [0.25, 0.3) is 0 Å². The minimum Gasteiger partial charge on any atom is -0.316 e. The molecule has 1 fully saturated rings. The van der Waals surface area contributed by atoms with Crippen molar-refractivity contribution in [2.45, 2.75) is 45.6 Å². The second-order valence-corrected chi connectivity index (χ2v) is 4.58. The summed E-state index contributed by atoms with van der Waals surface area (Å²) in [5, 5.41) is 3.43. The van der Waals surface area contributed by atoms with Crippen LogP contribution in [-0.2, 0) is 0 Å². The van der Waals surface area contributed by atoms with Gasteiger partial charge in [-0.2, -0.15) is 0 Å². The fraction of sp³-hybridized carbons (Fsp3) is 1.00. The van der Waals surface area contributed by atoms with Crippen LogP contribution in [-0.4, -0.2) is 37.6 Å². The summed E-state index contributed by atoms with van der Waals surface area (Å²) in [6.45, 7) is 8.34. The molecule has 14 heavy (non-hydrogen) atoms. The molecule has 0 aromatic rings. The number of hydrogen-bond acceptors (Lipinski definition) is 2. The fourth-order valence-electron chi connectivity index (χ4n) is 2.47. The van der Waals surface area contributed by atoms with E-state index in [1.165, 1.54) is 45.3 Å². The normalized spacial score (nSPS) is 29.4. The molecule has 1 saturated heterocycles. The number of unbranched alkanes of at least 4 members (excludes halogenated alkanes) is 1. The molecule has 0 aliphatic carbocycles. The Labute approximate surface area is 89.1 Å². The van der Waals surface area contributed by atoms with Crippen LogP contribution in [0.4, 0.5) is 0 Å². The van der Waals surface area contributed by atoms with E-state index in [0.717, 1.165) is 12.0 Å². The van der Waals surface area contributed by atoms with E-state index >= 15 is 0 Å². The van der Waals surface area contributed by atoms with Gasteiger partial charge in [0.15, 0.2) is 0 Å². The Balaban J connectivity index is 2.35. The number of nitrogens with one attached hydrogen (secondary N) is 1. The molecule has 0 bridgehead atoms. The van der Waals surface area contributed by atoms with Gasteiger partial charge in [0, 0.05) is 19.1 Å². The van der Waals surface area contributed by atoms with Gasteiger partial charge in [0.1, 0.15) is 0 Å². The van der Waals surface area contributed by atoms with Crippen LogP contribution >= 0.6 is 0 Å². The van der Waals surface area contributed by atoms with Crippen LogP contribution in [0.3, 0.4) is 0 Å². The van der Waals surface area contributed by atoms with E-state index in [-0.39, 0.29) is 0 Å². The molecule has 2 heteroatoms. The molecule has 0 spiro atoms. The van der Waals surface area contributed by atoms with E-state index in [2.05, 4.69) is 31.1 Å². The second kappa shape index (κ2) is 6.41. The first-order valence-corrected chi connectivity index (χ1v) is 6.19. The van der Waals surface area contributed by atoms with Crippen LogP contribution < -0.4 is 5.32 Å². The predicted molar refractivity (Wildman–Crippen MR) is 62.6 cm³/mol. The largest absolute Gasteiger partial charge is 0.316 e. The molecule has 1 aliphatic rings. The molecule has 0 saturated carbocycles. The van der Waals surface area contributed by atoms with E-state index in [1.807, 2.05) is 0 Å². The van der Waals surface area contributed by atoms with Crippen LogP contribution in [0.2, 0.25) is 0 Å². The third kappa shape index (κ3) is 3.58. The quantitative estimate of drug-likeness (QED) is 0.728. The van der Waals surface area contributed by atoms with Gasteiger partial charge in [-0.15, -0.1) is 0 Å². The van der Waals surface area contributed by atoms with Crippen molar-refractivity contribution in [3.05, 3.63) is 0 Å².